The minimum atomic E-state index is -1.26. The second-order valence-electron chi connectivity index (χ2n) is 5.25. The Labute approximate surface area is 134 Å². The van der Waals surface area contributed by atoms with Gasteiger partial charge >= 0.3 is 11.9 Å². The maximum Gasteiger partial charge on any atom is 0.338 e. The number of esters is 2. The van der Waals surface area contributed by atoms with E-state index in [4.69, 9.17) is 18.9 Å². The molecular formula is C16H20O7. The van der Waals surface area contributed by atoms with Crippen LogP contribution in [0.15, 0.2) is 30.3 Å². The molecule has 23 heavy (non-hydrogen) atoms. The Hall–Kier alpha value is -1.96. The second-order valence-corrected chi connectivity index (χ2v) is 5.25. The molecule has 1 aliphatic rings. The molecule has 1 saturated heterocycles. The molecule has 1 aromatic rings. The van der Waals surface area contributed by atoms with Crippen molar-refractivity contribution >= 4 is 11.9 Å². The molecule has 7 nitrogen and oxygen atoms in total. The Morgan fingerprint density at radius 3 is 2.35 bits per heavy atom. The molecular weight excluding hydrogens is 304 g/mol. The molecule has 7 heteroatoms. The van der Waals surface area contributed by atoms with E-state index < -0.39 is 42.6 Å². The Morgan fingerprint density at radius 2 is 1.78 bits per heavy atom. The molecule has 1 heterocycles. The van der Waals surface area contributed by atoms with E-state index in [9.17, 15) is 14.7 Å². The first kappa shape index (κ1) is 17.4. The molecule has 0 aliphatic carbocycles. The van der Waals surface area contributed by atoms with Crippen molar-refractivity contribution in [2.75, 3.05) is 7.11 Å². The minimum Gasteiger partial charge on any atom is -0.457 e. The van der Waals surface area contributed by atoms with E-state index in [0.717, 1.165) is 0 Å². The summed E-state index contributed by atoms with van der Waals surface area (Å²) < 4.78 is 21.1. The first-order valence-corrected chi connectivity index (χ1v) is 7.23. The third-order valence-electron chi connectivity index (χ3n) is 3.54. The average molecular weight is 324 g/mol. The number of carbonyl (C=O) groups is 2. The van der Waals surface area contributed by atoms with Crippen molar-refractivity contribution in [1.82, 2.24) is 0 Å². The largest absolute Gasteiger partial charge is 0.457 e. The predicted octanol–water partition coefficient (Wildman–Crippen LogP) is 0.896. The summed E-state index contributed by atoms with van der Waals surface area (Å²) in [5.41, 5.74) is 0.331. The monoisotopic (exact) mass is 324 g/mol. The fraction of sp³-hybridized carbons (Fsp3) is 0.500. The average Bonchev–Trinajstić information content (AvgIpc) is 2.54. The zero-order valence-corrected chi connectivity index (χ0v) is 13.2. The molecule has 0 bridgehead atoms. The molecule has 1 aromatic carbocycles. The molecule has 0 amide bonds. The van der Waals surface area contributed by atoms with Crippen LogP contribution in [0.25, 0.3) is 0 Å². The topological polar surface area (TPSA) is 91.3 Å². The fourth-order valence-corrected chi connectivity index (χ4v) is 2.43. The zero-order valence-electron chi connectivity index (χ0n) is 13.2. The van der Waals surface area contributed by atoms with Gasteiger partial charge in [0.15, 0.2) is 18.5 Å². The van der Waals surface area contributed by atoms with E-state index in [1.165, 1.54) is 14.0 Å². The van der Waals surface area contributed by atoms with Crippen molar-refractivity contribution in [3.63, 3.8) is 0 Å². The van der Waals surface area contributed by atoms with Gasteiger partial charge in [0.05, 0.1) is 11.7 Å². The lowest BCUT2D eigenvalue weighted by Gasteiger charge is -2.41. The molecule has 1 fully saturated rings. The van der Waals surface area contributed by atoms with Gasteiger partial charge in [0.25, 0.3) is 0 Å². The summed E-state index contributed by atoms with van der Waals surface area (Å²) >= 11 is 0. The number of carbonyl (C=O) groups excluding carboxylic acids is 2. The molecule has 1 N–H and O–H groups in total. The Morgan fingerprint density at radius 1 is 1.13 bits per heavy atom. The van der Waals surface area contributed by atoms with Gasteiger partial charge < -0.3 is 24.1 Å². The number of hydrogen-bond donors (Lipinski definition) is 1. The summed E-state index contributed by atoms with van der Waals surface area (Å²) in [6.45, 7) is 2.87. The lowest BCUT2D eigenvalue weighted by atomic mass is 9.99. The van der Waals surface area contributed by atoms with Crippen LogP contribution in [0.5, 0.6) is 0 Å². The second kappa shape index (κ2) is 7.54. The lowest BCUT2D eigenvalue weighted by Crippen LogP contribution is -2.59. The van der Waals surface area contributed by atoms with Crippen LogP contribution < -0.4 is 0 Å². The van der Waals surface area contributed by atoms with E-state index >= 15 is 0 Å². The highest BCUT2D eigenvalue weighted by molar-refractivity contribution is 5.89. The Bertz CT molecular complexity index is 545. The summed E-state index contributed by atoms with van der Waals surface area (Å²) in [4.78, 5) is 23.4. The van der Waals surface area contributed by atoms with Crippen molar-refractivity contribution in [2.45, 2.75) is 44.6 Å². The third kappa shape index (κ3) is 4.07. The van der Waals surface area contributed by atoms with Gasteiger partial charge in [-0.05, 0) is 19.1 Å². The first-order valence-electron chi connectivity index (χ1n) is 7.23. The van der Waals surface area contributed by atoms with Gasteiger partial charge in [0.1, 0.15) is 6.10 Å². The highest BCUT2D eigenvalue weighted by Crippen LogP contribution is 2.27. The van der Waals surface area contributed by atoms with Crippen molar-refractivity contribution in [3.05, 3.63) is 35.9 Å². The van der Waals surface area contributed by atoms with Crippen LogP contribution >= 0.6 is 0 Å². The summed E-state index contributed by atoms with van der Waals surface area (Å²) in [5, 5.41) is 10.4. The summed E-state index contributed by atoms with van der Waals surface area (Å²) in [6, 6.07) is 8.34. The SMILES string of the molecule is CO[C@@H]1OC(C)[C@@H](OC(C)=O)C(O)C1OC(=O)c1ccccc1. The maximum absolute atomic E-state index is 12.2. The molecule has 0 radical (unpaired) electrons. The van der Waals surface area contributed by atoms with Crippen LogP contribution in [-0.2, 0) is 23.7 Å². The summed E-state index contributed by atoms with van der Waals surface area (Å²) in [5.74, 6) is -1.19. The van der Waals surface area contributed by atoms with Crippen molar-refractivity contribution in [2.24, 2.45) is 0 Å². The van der Waals surface area contributed by atoms with Gasteiger partial charge in [-0.15, -0.1) is 0 Å². The Balaban J connectivity index is 2.16. The van der Waals surface area contributed by atoms with Crippen molar-refractivity contribution in [3.8, 4) is 0 Å². The first-order chi connectivity index (χ1) is 10.9. The van der Waals surface area contributed by atoms with E-state index in [1.807, 2.05) is 0 Å². The maximum atomic E-state index is 12.2. The highest BCUT2D eigenvalue weighted by Gasteiger charge is 2.47. The third-order valence-corrected chi connectivity index (χ3v) is 3.54. The van der Waals surface area contributed by atoms with Crippen LogP contribution in [0.3, 0.4) is 0 Å². The number of aliphatic hydroxyl groups is 1. The van der Waals surface area contributed by atoms with E-state index in [2.05, 4.69) is 0 Å². The Kier molecular flexibility index (Phi) is 5.70. The quantitative estimate of drug-likeness (QED) is 0.823. The molecule has 5 atom stereocenters. The van der Waals surface area contributed by atoms with Gasteiger partial charge in [0, 0.05) is 14.0 Å². The number of aliphatic hydroxyl groups excluding tert-OH is 1. The lowest BCUT2D eigenvalue weighted by molar-refractivity contribution is -0.287. The normalized spacial score (nSPS) is 30.5. The van der Waals surface area contributed by atoms with Gasteiger partial charge in [-0.1, -0.05) is 18.2 Å². The van der Waals surface area contributed by atoms with Crippen LogP contribution in [0.2, 0.25) is 0 Å². The van der Waals surface area contributed by atoms with Crippen LogP contribution in [0, 0.1) is 0 Å². The van der Waals surface area contributed by atoms with E-state index in [0.29, 0.717) is 5.56 Å². The minimum absolute atomic E-state index is 0.331. The van der Waals surface area contributed by atoms with Crippen LogP contribution in [0.1, 0.15) is 24.2 Å². The molecule has 0 spiro atoms. The predicted molar refractivity (Wildman–Crippen MR) is 78.6 cm³/mol. The number of hydrogen-bond acceptors (Lipinski definition) is 7. The standard InChI is InChI=1S/C16H20O7/c1-9-13(22-10(2)17)12(18)14(16(20-3)21-9)23-15(19)11-7-5-4-6-8-11/h4-9,12-14,16,18H,1-3H3/t9?,12?,13-,14?,16-/m1/s1. The van der Waals surface area contributed by atoms with Crippen molar-refractivity contribution < 1.29 is 33.6 Å². The molecule has 0 aromatic heterocycles. The molecule has 2 rings (SSSR count). The van der Waals surface area contributed by atoms with Crippen molar-refractivity contribution in [1.29, 1.82) is 0 Å². The van der Waals surface area contributed by atoms with Crippen LogP contribution in [0.4, 0.5) is 0 Å². The highest BCUT2D eigenvalue weighted by atomic mass is 16.7. The van der Waals surface area contributed by atoms with Gasteiger partial charge in [0.2, 0.25) is 0 Å². The summed E-state index contributed by atoms with van der Waals surface area (Å²) in [6.07, 6.45) is -4.90. The van der Waals surface area contributed by atoms with Gasteiger partial charge in [-0.2, -0.15) is 0 Å². The van der Waals surface area contributed by atoms with Gasteiger partial charge in [-0.25, -0.2) is 4.79 Å². The van der Waals surface area contributed by atoms with E-state index in [1.54, 1.807) is 37.3 Å². The smallest absolute Gasteiger partial charge is 0.338 e. The van der Waals surface area contributed by atoms with Crippen LogP contribution in [-0.4, -0.2) is 54.9 Å². The summed E-state index contributed by atoms with van der Waals surface area (Å²) in [7, 11) is 1.37. The number of methoxy groups -OCH3 is 1. The molecule has 3 unspecified atom stereocenters. The number of rotatable bonds is 4. The molecule has 0 saturated carbocycles. The van der Waals surface area contributed by atoms with E-state index in [-0.39, 0.29) is 0 Å². The molecule has 126 valence electrons. The number of benzene rings is 1. The molecule has 1 aliphatic heterocycles. The zero-order chi connectivity index (χ0) is 17.0. The number of ether oxygens (including phenoxy) is 4. The van der Waals surface area contributed by atoms with Gasteiger partial charge in [-0.3, -0.25) is 4.79 Å². The fourth-order valence-electron chi connectivity index (χ4n) is 2.43.